The van der Waals surface area contributed by atoms with Crippen LogP contribution >= 0.6 is 11.5 Å². The minimum absolute atomic E-state index is 0.172. The van der Waals surface area contributed by atoms with Gasteiger partial charge in [-0.05, 0) is 30.6 Å². The number of aryl methyl sites for hydroxylation is 1. The highest BCUT2D eigenvalue weighted by Crippen LogP contribution is 2.32. The molecule has 0 aliphatic carbocycles. The van der Waals surface area contributed by atoms with Crippen molar-refractivity contribution in [1.29, 1.82) is 0 Å². The highest BCUT2D eigenvalue weighted by molar-refractivity contribution is 7.10. The van der Waals surface area contributed by atoms with Crippen molar-refractivity contribution in [3.8, 4) is 0 Å². The number of fused-ring (bicyclic) bond motifs is 1. The first-order valence-corrected chi connectivity index (χ1v) is 9.95. The third-order valence-electron chi connectivity index (χ3n) is 5.37. The van der Waals surface area contributed by atoms with E-state index in [4.69, 9.17) is 4.99 Å². The summed E-state index contributed by atoms with van der Waals surface area (Å²) in [6.07, 6.45) is 8.98. The Kier molecular flexibility index (Phi) is 4.05. The molecule has 5 heterocycles. The van der Waals surface area contributed by atoms with Crippen LogP contribution in [0, 0.1) is 0 Å². The Bertz CT molecular complexity index is 933. The van der Waals surface area contributed by atoms with Crippen molar-refractivity contribution in [3.05, 3.63) is 42.1 Å². The lowest BCUT2D eigenvalue weighted by molar-refractivity contribution is 0.457. The van der Waals surface area contributed by atoms with Gasteiger partial charge in [-0.3, -0.25) is 9.67 Å². The molecule has 2 atom stereocenters. The third kappa shape index (κ3) is 2.87. The number of nitrogens with one attached hydrogen (secondary N) is 1. The predicted octanol–water partition coefficient (Wildman–Crippen LogP) is 1.73. The highest BCUT2D eigenvalue weighted by Gasteiger charge is 2.35. The smallest absolute Gasteiger partial charge is 0.176 e. The number of nitrogens with zero attached hydrogens (tertiary/aromatic N) is 7. The first kappa shape index (κ1) is 16.6. The molecule has 0 aromatic carbocycles. The van der Waals surface area contributed by atoms with E-state index in [1.807, 2.05) is 37.4 Å². The second-order valence-electron chi connectivity index (χ2n) is 7.12. The van der Waals surface area contributed by atoms with E-state index in [9.17, 15) is 0 Å². The van der Waals surface area contributed by atoms with Gasteiger partial charge in [0.2, 0.25) is 0 Å². The molecule has 8 nitrogen and oxygen atoms in total. The molecule has 0 amide bonds. The molecule has 5 rings (SSSR count). The second-order valence-corrected chi connectivity index (χ2v) is 7.91. The van der Waals surface area contributed by atoms with E-state index in [0.717, 1.165) is 36.2 Å². The van der Waals surface area contributed by atoms with Crippen LogP contribution in [-0.2, 0) is 7.05 Å². The minimum Gasteiger partial charge on any atom is -0.319 e. The maximum absolute atomic E-state index is 4.79. The number of aromatic nitrogens is 3. The van der Waals surface area contributed by atoms with Crippen molar-refractivity contribution in [2.75, 3.05) is 31.6 Å². The lowest BCUT2D eigenvalue weighted by atomic mass is 10.1. The monoisotopic (exact) mass is 382 g/mol. The summed E-state index contributed by atoms with van der Waals surface area (Å²) in [7, 11) is 3.98. The van der Waals surface area contributed by atoms with Gasteiger partial charge < -0.3 is 15.1 Å². The predicted molar refractivity (Wildman–Crippen MR) is 107 cm³/mol. The van der Waals surface area contributed by atoms with E-state index < -0.39 is 0 Å². The maximum Gasteiger partial charge on any atom is 0.176 e. The molecule has 2 aromatic heterocycles. The van der Waals surface area contributed by atoms with Crippen molar-refractivity contribution < 1.29 is 0 Å². The number of rotatable bonds is 3. The molecule has 9 heteroatoms. The van der Waals surface area contributed by atoms with Gasteiger partial charge in [-0.25, -0.2) is 4.99 Å². The third-order valence-corrected chi connectivity index (χ3v) is 6.25. The lowest BCUT2D eigenvalue weighted by Gasteiger charge is -2.29. The quantitative estimate of drug-likeness (QED) is 0.875. The molecule has 0 radical (unpaired) electrons. The summed E-state index contributed by atoms with van der Waals surface area (Å²) in [6.45, 7) is 2.80. The summed E-state index contributed by atoms with van der Waals surface area (Å²) in [6, 6.07) is 2.37. The molecule has 0 bridgehead atoms. The molecule has 3 aliphatic rings. The highest BCUT2D eigenvalue weighted by atomic mass is 32.1. The van der Waals surface area contributed by atoms with Crippen molar-refractivity contribution in [3.63, 3.8) is 0 Å². The first-order chi connectivity index (χ1) is 13.2. The van der Waals surface area contributed by atoms with Gasteiger partial charge in [0.1, 0.15) is 5.00 Å². The molecular weight excluding hydrogens is 360 g/mol. The van der Waals surface area contributed by atoms with Crippen LogP contribution in [0.25, 0.3) is 0 Å². The van der Waals surface area contributed by atoms with Crippen molar-refractivity contribution in [1.82, 2.24) is 24.4 Å². The van der Waals surface area contributed by atoms with Gasteiger partial charge in [0, 0.05) is 50.7 Å². The Hall–Kier alpha value is -2.52. The van der Waals surface area contributed by atoms with Crippen LogP contribution in [0.2, 0.25) is 0 Å². The molecule has 2 aromatic rings. The van der Waals surface area contributed by atoms with E-state index in [1.165, 1.54) is 22.8 Å². The van der Waals surface area contributed by atoms with Gasteiger partial charge in [0.15, 0.2) is 11.7 Å². The summed E-state index contributed by atoms with van der Waals surface area (Å²) in [5, 5.41) is 8.81. The molecule has 1 N–H and O–H groups in total. The zero-order valence-electron chi connectivity index (χ0n) is 15.4. The van der Waals surface area contributed by atoms with E-state index in [-0.39, 0.29) is 6.04 Å². The fourth-order valence-corrected chi connectivity index (χ4v) is 4.62. The van der Waals surface area contributed by atoms with Crippen LogP contribution in [0.3, 0.4) is 0 Å². The molecular formula is C18H22N8S. The second kappa shape index (κ2) is 6.58. The van der Waals surface area contributed by atoms with Crippen molar-refractivity contribution in [2.45, 2.75) is 18.4 Å². The number of hydrogen-bond donors (Lipinski definition) is 1. The van der Waals surface area contributed by atoms with Gasteiger partial charge >= 0.3 is 0 Å². The van der Waals surface area contributed by atoms with Crippen LogP contribution in [0.5, 0.6) is 0 Å². The average molecular weight is 382 g/mol. The van der Waals surface area contributed by atoms with Crippen LogP contribution in [0.4, 0.5) is 5.00 Å². The largest absolute Gasteiger partial charge is 0.319 e. The molecule has 1 fully saturated rings. The van der Waals surface area contributed by atoms with Crippen LogP contribution < -0.4 is 10.2 Å². The van der Waals surface area contributed by atoms with Crippen molar-refractivity contribution >= 4 is 28.2 Å². The standard InChI is InChI=1S/C18H22N8S/c1-24-11-13(9-22-24)15-10-21-18-17(20-5-6-26(15)18)25(2)16-7-14(23-27-16)12-3-4-19-8-12/h5-7,9,11-12,15,19H,3-4,8,10H2,1-2H3. The van der Waals surface area contributed by atoms with Crippen LogP contribution in [0.1, 0.15) is 29.6 Å². The molecule has 140 valence electrons. The van der Waals surface area contributed by atoms with Gasteiger partial charge in [-0.2, -0.15) is 9.47 Å². The Morgan fingerprint density at radius 1 is 1.37 bits per heavy atom. The van der Waals surface area contributed by atoms with Gasteiger partial charge in [-0.15, -0.1) is 0 Å². The molecule has 27 heavy (non-hydrogen) atoms. The normalized spacial score (nSPS) is 24.1. The Morgan fingerprint density at radius 3 is 3.07 bits per heavy atom. The molecule has 0 spiro atoms. The van der Waals surface area contributed by atoms with Crippen LogP contribution in [-0.4, -0.2) is 57.4 Å². The first-order valence-electron chi connectivity index (χ1n) is 9.18. The average Bonchev–Trinajstić information content (AvgIpc) is 3.45. The van der Waals surface area contributed by atoms with E-state index >= 15 is 0 Å². The lowest BCUT2D eigenvalue weighted by Crippen LogP contribution is -2.41. The van der Waals surface area contributed by atoms with E-state index in [1.54, 1.807) is 0 Å². The SMILES string of the molecule is CN(C1=NC=CN2C1=NCC2c1cnn(C)c1)c1cc(C2CCNC2)ns1. The summed E-state index contributed by atoms with van der Waals surface area (Å²) < 4.78 is 6.52. The zero-order chi connectivity index (χ0) is 18.4. The summed E-state index contributed by atoms with van der Waals surface area (Å²) in [5.41, 5.74) is 2.34. The number of aliphatic imine (C=N–C) groups is 2. The number of anilines is 1. The van der Waals surface area contributed by atoms with E-state index in [0.29, 0.717) is 12.5 Å². The Labute approximate surface area is 162 Å². The van der Waals surface area contributed by atoms with Gasteiger partial charge in [0.05, 0.1) is 24.5 Å². The Morgan fingerprint density at radius 2 is 2.30 bits per heavy atom. The summed E-state index contributed by atoms with van der Waals surface area (Å²) in [5.74, 6) is 2.29. The molecule has 1 saturated heterocycles. The van der Waals surface area contributed by atoms with Gasteiger partial charge in [-0.1, -0.05) is 0 Å². The zero-order valence-corrected chi connectivity index (χ0v) is 16.2. The number of hydrogen-bond acceptors (Lipinski definition) is 8. The van der Waals surface area contributed by atoms with Crippen LogP contribution in [0.15, 0.2) is 40.8 Å². The molecule has 3 aliphatic heterocycles. The summed E-state index contributed by atoms with van der Waals surface area (Å²) >= 11 is 1.53. The Balaban J connectivity index is 1.38. The molecule has 2 unspecified atom stereocenters. The van der Waals surface area contributed by atoms with Crippen molar-refractivity contribution in [2.24, 2.45) is 17.0 Å². The minimum atomic E-state index is 0.172. The molecule has 0 saturated carbocycles. The topological polar surface area (TPSA) is 73.9 Å². The fraction of sp³-hybridized carbons (Fsp3) is 0.444. The summed E-state index contributed by atoms with van der Waals surface area (Å²) in [4.78, 5) is 13.7. The fourth-order valence-electron chi connectivity index (χ4n) is 3.84. The maximum atomic E-state index is 4.79. The number of amidine groups is 2. The van der Waals surface area contributed by atoms with E-state index in [2.05, 4.69) is 41.8 Å². The number of likely N-dealkylation sites (N-methyl/N-ethyl adjacent to an activating group) is 1. The van der Waals surface area contributed by atoms with Gasteiger partial charge in [0.25, 0.3) is 0 Å².